The van der Waals surface area contributed by atoms with E-state index >= 15 is 0 Å². The largest absolute Gasteiger partial charge is 0.489 e. The van der Waals surface area contributed by atoms with Crippen molar-refractivity contribution in [3.63, 3.8) is 0 Å². The maximum absolute atomic E-state index is 12.3. The molecule has 1 amide bonds. The van der Waals surface area contributed by atoms with Gasteiger partial charge in [0.15, 0.2) is 0 Å². The van der Waals surface area contributed by atoms with E-state index in [2.05, 4.69) is 5.32 Å². The van der Waals surface area contributed by atoms with Crippen molar-refractivity contribution < 1.29 is 14.6 Å². The zero-order valence-electron chi connectivity index (χ0n) is 15.1. The van der Waals surface area contributed by atoms with Gasteiger partial charge in [0.05, 0.1) is 0 Å². The maximum Gasteiger partial charge on any atom is 0.251 e. The van der Waals surface area contributed by atoms with Crippen molar-refractivity contribution >= 4 is 5.91 Å². The molecule has 1 fully saturated rings. The van der Waals surface area contributed by atoms with Crippen LogP contribution in [0.15, 0.2) is 54.6 Å². The van der Waals surface area contributed by atoms with Gasteiger partial charge in [-0.25, -0.2) is 0 Å². The van der Waals surface area contributed by atoms with Crippen LogP contribution in [0.25, 0.3) is 0 Å². The minimum atomic E-state index is -0.0381. The van der Waals surface area contributed by atoms with Crippen LogP contribution in [-0.2, 0) is 6.61 Å². The molecule has 2 aromatic carbocycles. The Morgan fingerprint density at radius 2 is 1.62 bits per heavy atom. The highest BCUT2D eigenvalue weighted by atomic mass is 16.5. The number of ether oxygens (including phenoxy) is 1. The Kier molecular flexibility index (Phi) is 6.67. The van der Waals surface area contributed by atoms with E-state index in [9.17, 15) is 9.90 Å². The SMILES string of the molecule is O=C(NCC1CCC(CO)CC1)c1ccc(OCc2ccccc2)cc1. The highest BCUT2D eigenvalue weighted by Gasteiger charge is 2.21. The predicted octanol–water partition coefficient (Wildman–Crippen LogP) is 3.79. The third-order valence-electron chi connectivity index (χ3n) is 5.14. The average Bonchev–Trinajstić information content (AvgIpc) is 2.72. The van der Waals surface area contributed by atoms with Crippen LogP contribution in [0, 0.1) is 11.8 Å². The number of hydrogen-bond acceptors (Lipinski definition) is 3. The van der Waals surface area contributed by atoms with Gasteiger partial charge >= 0.3 is 0 Å². The lowest BCUT2D eigenvalue weighted by molar-refractivity contribution is 0.0937. The third-order valence-corrected chi connectivity index (χ3v) is 5.14. The van der Waals surface area contributed by atoms with Crippen molar-refractivity contribution in [3.05, 3.63) is 65.7 Å². The van der Waals surface area contributed by atoms with E-state index in [-0.39, 0.29) is 12.5 Å². The summed E-state index contributed by atoms with van der Waals surface area (Å²) >= 11 is 0. The van der Waals surface area contributed by atoms with Crippen LogP contribution in [-0.4, -0.2) is 24.2 Å². The molecule has 2 N–H and O–H groups in total. The van der Waals surface area contributed by atoms with Crippen LogP contribution >= 0.6 is 0 Å². The summed E-state index contributed by atoms with van der Waals surface area (Å²) in [6, 6.07) is 17.3. The van der Waals surface area contributed by atoms with E-state index in [0.717, 1.165) is 37.0 Å². The lowest BCUT2D eigenvalue weighted by Gasteiger charge is -2.27. The Morgan fingerprint density at radius 3 is 2.27 bits per heavy atom. The van der Waals surface area contributed by atoms with Gasteiger partial charge in [-0.3, -0.25) is 4.79 Å². The molecule has 26 heavy (non-hydrogen) atoms. The summed E-state index contributed by atoms with van der Waals surface area (Å²) in [7, 11) is 0. The smallest absolute Gasteiger partial charge is 0.251 e. The topological polar surface area (TPSA) is 58.6 Å². The van der Waals surface area contributed by atoms with Crippen molar-refractivity contribution in [3.8, 4) is 5.75 Å². The van der Waals surface area contributed by atoms with Crippen LogP contribution in [0.2, 0.25) is 0 Å². The molecule has 0 unspecified atom stereocenters. The molecule has 3 rings (SSSR count). The average molecular weight is 353 g/mol. The van der Waals surface area contributed by atoms with Crippen molar-refractivity contribution in [1.82, 2.24) is 5.32 Å². The molecule has 0 radical (unpaired) electrons. The normalized spacial score (nSPS) is 19.7. The minimum absolute atomic E-state index is 0.0381. The van der Waals surface area contributed by atoms with E-state index in [0.29, 0.717) is 30.6 Å². The molecule has 0 saturated heterocycles. The standard InChI is InChI=1S/C22H27NO3/c24-15-18-8-6-17(7-9-18)14-23-22(25)20-10-12-21(13-11-20)26-16-19-4-2-1-3-5-19/h1-5,10-13,17-18,24H,6-9,14-16H2,(H,23,25). The number of aliphatic hydroxyl groups is 1. The molecule has 0 aromatic heterocycles. The Bertz CT molecular complexity index is 676. The number of aliphatic hydroxyl groups excluding tert-OH is 1. The second kappa shape index (κ2) is 9.39. The molecule has 0 bridgehead atoms. The van der Waals surface area contributed by atoms with Gasteiger partial charge in [-0.2, -0.15) is 0 Å². The number of benzene rings is 2. The highest BCUT2D eigenvalue weighted by molar-refractivity contribution is 5.94. The van der Waals surface area contributed by atoms with Crippen molar-refractivity contribution in [2.45, 2.75) is 32.3 Å². The fourth-order valence-electron chi connectivity index (χ4n) is 3.40. The molecule has 0 atom stereocenters. The molecule has 138 valence electrons. The number of hydrogen-bond donors (Lipinski definition) is 2. The molecular weight excluding hydrogens is 326 g/mol. The number of carbonyl (C=O) groups excluding carboxylic acids is 1. The molecule has 1 aliphatic carbocycles. The lowest BCUT2D eigenvalue weighted by atomic mass is 9.82. The summed E-state index contributed by atoms with van der Waals surface area (Å²) in [4.78, 5) is 12.3. The molecular formula is C22H27NO3. The monoisotopic (exact) mass is 353 g/mol. The lowest BCUT2D eigenvalue weighted by Crippen LogP contribution is -2.31. The van der Waals surface area contributed by atoms with Gasteiger partial charge < -0.3 is 15.2 Å². The maximum atomic E-state index is 12.3. The summed E-state index contributed by atoms with van der Waals surface area (Å²) < 4.78 is 5.75. The predicted molar refractivity (Wildman–Crippen MR) is 102 cm³/mol. The van der Waals surface area contributed by atoms with Crippen LogP contribution in [0.1, 0.15) is 41.6 Å². The molecule has 1 aliphatic rings. The molecule has 0 spiro atoms. The highest BCUT2D eigenvalue weighted by Crippen LogP contribution is 2.27. The fraction of sp³-hybridized carbons (Fsp3) is 0.409. The Labute approximate surface area is 155 Å². The molecule has 2 aromatic rings. The minimum Gasteiger partial charge on any atom is -0.489 e. The molecule has 4 heteroatoms. The second-order valence-electron chi connectivity index (χ2n) is 7.08. The molecule has 0 heterocycles. The quantitative estimate of drug-likeness (QED) is 0.796. The van der Waals surface area contributed by atoms with E-state index in [1.165, 1.54) is 0 Å². The van der Waals surface area contributed by atoms with Crippen LogP contribution in [0.5, 0.6) is 5.75 Å². The summed E-state index contributed by atoms with van der Waals surface area (Å²) in [6.07, 6.45) is 4.28. The van der Waals surface area contributed by atoms with E-state index in [4.69, 9.17) is 4.74 Å². The van der Waals surface area contributed by atoms with Gasteiger partial charge in [0.25, 0.3) is 5.91 Å². The summed E-state index contributed by atoms with van der Waals surface area (Å²) in [5.74, 6) is 1.69. The molecule has 0 aliphatic heterocycles. The van der Waals surface area contributed by atoms with Gasteiger partial charge in [-0.15, -0.1) is 0 Å². The zero-order valence-corrected chi connectivity index (χ0v) is 15.1. The van der Waals surface area contributed by atoms with Gasteiger partial charge in [-0.05, 0) is 67.3 Å². The first-order valence-electron chi connectivity index (χ1n) is 9.40. The summed E-state index contributed by atoms with van der Waals surface area (Å²) in [6.45, 7) is 1.52. The van der Waals surface area contributed by atoms with Crippen molar-refractivity contribution in [2.75, 3.05) is 13.2 Å². The van der Waals surface area contributed by atoms with Gasteiger partial charge in [0.1, 0.15) is 12.4 Å². The van der Waals surface area contributed by atoms with Crippen LogP contribution in [0.3, 0.4) is 0 Å². The second-order valence-corrected chi connectivity index (χ2v) is 7.08. The van der Waals surface area contributed by atoms with E-state index in [1.807, 2.05) is 42.5 Å². The first-order chi connectivity index (χ1) is 12.7. The Hall–Kier alpha value is -2.33. The number of rotatable bonds is 7. The number of nitrogens with one attached hydrogen (secondary N) is 1. The zero-order chi connectivity index (χ0) is 18.2. The third kappa shape index (κ3) is 5.33. The van der Waals surface area contributed by atoms with Crippen molar-refractivity contribution in [2.24, 2.45) is 11.8 Å². The van der Waals surface area contributed by atoms with Gasteiger partial charge in [0.2, 0.25) is 0 Å². The van der Waals surface area contributed by atoms with Gasteiger partial charge in [0, 0.05) is 18.7 Å². The Morgan fingerprint density at radius 1 is 0.962 bits per heavy atom. The summed E-state index contributed by atoms with van der Waals surface area (Å²) in [5.41, 5.74) is 1.77. The number of carbonyl (C=O) groups is 1. The first-order valence-corrected chi connectivity index (χ1v) is 9.40. The van der Waals surface area contributed by atoms with Crippen molar-refractivity contribution in [1.29, 1.82) is 0 Å². The van der Waals surface area contributed by atoms with Gasteiger partial charge in [-0.1, -0.05) is 30.3 Å². The summed E-state index contributed by atoms with van der Waals surface area (Å²) in [5, 5.41) is 12.2. The molecule has 1 saturated carbocycles. The van der Waals surface area contributed by atoms with E-state index < -0.39 is 0 Å². The van der Waals surface area contributed by atoms with Crippen LogP contribution in [0.4, 0.5) is 0 Å². The number of amides is 1. The molecule has 4 nitrogen and oxygen atoms in total. The van der Waals surface area contributed by atoms with Crippen LogP contribution < -0.4 is 10.1 Å². The first kappa shape index (κ1) is 18.5. The van der Waals surface area contributed by atoms with E-state index in [1.54, 1.807) is 12.1 Å². The Balaban J connectivity index is 1.43. The fourth-order valence-corrected chi connectivity index (χ4v) is 3.40.